The molecule has 0 unspecified atom stereocenters. The van der Waals surface area contributed by atoms with E-state index in [1.54, 1.807) is 7.11 Å². The average Bonchev–Trinajstić information content (AvgIpc) is 3.09. The largest absolute Gasteiger partial charge is 0.396 e. The number of ether oxygens (including phenoxy) is 1. The van der Waals surface area contributed by atoms with Crippen molar-refractivity contribution in [2.24, 2.45) is 11.7 Å². The van der Waals surface area contributed by atoms with Crippen molar-refractivity contribution in [2.75, 3.05) is 24.4 Å². The summed E-state index contributed by atoms with van der Waals surface area (Å²) in [7, 11) is 1.75. The van der Waals surface area contributed by atoms with Crippen molar-refractivity contribution in [1.29, 1.82) is 0 Å². The summed E-state index contributed by atoms with van der Waals surface area (Å²) in [6.45, 7) is 0.127. The van der Waals surface area contributed by atoms with Crippen LogP contribution in [-0.2, 0) is 4.74 Å². The molecular weight excluding hydrogens is 334 g/mol. The summed E-state index contributed by atoms with van der Waals surface area (Å²) >= 11 is 0. The normalized spacial score (nSPS) is 28.7. The number of primary amides is 1. The molecule has 0 saturated heterocycles. The Hall–Kier alpha value is -1.93. The van der Waals surface area contributed by atoms with Crippen molar-refractivity contribution in [3.05, 3.63) is 11.8 Å². The maximum absolute atomic E-state index is 11.7. The molecule has 0 aliphatic heterocycles. The Balaban J connectivity index is 1.71. The molecule has 0 radical (unpaired) electrons. The highest BCUT2D eigenvalue weighted by atomic mass is 16.5. The molecule has 2 fully saturated rings. The van der Waals surface area contributed by atoms with E-state index in [4.69, 9.17) is 10.5 Å². The SMILES string of the molecule is COC1CCC(Nc2ncc(C(N)=O)c(N[C@@H]3CCC[C@@H]3CO)n2)CC1. The topological polar surface area (TPSA) is 122 Å². The van der Waals surface area contributed by atoms with E-state index in [1.165, 1.54) is 6.20 Å². The monoisotopic (exact) mass is 363 g/mol. The van der Waals surface area contributed by atoms with E-state index in [0.717, 1.165) is 44.9 Å². The first-order valence-corrected chi connectivity index (χ1v) is 9.44. The highest BCUT2D eigenvalue weighted by molar-refractivity contribution is 5.97. The van der Waals surface area contributed by atoms with Crippen LogP contribution in [0.2, 0.25) is 0 Å². The Morgan fingerprint density at radius 2 is 2.04 bits per heavy atom. The van der Waals surface area contributed by atoms with Gasteiger partial charge in [0.15, 0.2) is 0 Å². The van der Waals surface area contributed by atoms with Gasteiger partial charge in [-0.15, -0.1) is 0 Å². The lowest BCUT2D eigenvalue weighted by Crippen LogP contribution is -2.31. The number of hydrogen-bond donors (Lipinski definition) is 4. The van der Waals surface area contributed by atoms with Crippen LogP contribution in [0.3, 0.4) is 0 Å². The summed E-state index contributed by atoms with van der Waals surface area (Å²) in [6.07, 6.45) is 8.79. The fourth-order valence-electron chi connectivity index (χ4n) is 3.99. The van der Waals surface area contributed by atoms with Gasteiger partial charge in [0.2, 0.25) is 5.95 Å². The van der Waals surface area contributed by atoms with Crippen molar-refractivity contribution in [3.8, 4) is 0 Å². The fraction of sp³-hybridized carbons (Fsp3) is 0.722. The summed E-state index contributed by atoms with van der Waals surface area (Å²) in [5.41, 5.74) is 5.76. The van der Waals surface area contributed by atoms with Gasteiger partial charge in [0, 0.05) is 37.9 Å². The van der Waals surface area contributed by atoms with Crippen LogP contribution in [0.25, 0.3) is 0 Å². The summed E-state index contributed by atoms with van der Waals surface area (Å²) in [4.78, 5) is 20.5. The fourth-order valence-corrected chi connectivity index (χ4v) is 3.99. The minimum absolute atomic E-state index is 0.0954. The van der Waals surface area contributed by atoms with E-state index < -0.39 is 5.91 Å². The maximum atomic E-state index is 11.7. The van der Waals surface area contributed by atoms with Crippen LogP contribution in [0, 0.1) is 5.92 Å². The molecule has 0 spiro atoms. The molecule has 2 aliphatic carbocycles. The van der Waals surface area contributed by atoms with E-state index >= 15 is 0 Å². The van der Waals surface area contributed by atoms with Crippen LogP contribution < -0.4 is 16.4 Å². The lowest BCUT2D eigenvalue weighted by molar-refractivity contribution is 0.0681. The molecule has 1 amide bonds. The molecular formula is C18H29N5O3. The van der Waals surface area contributed by atoms with Crippen LogP contribution in [0.1, 0.15) is 55.3 Å². The Morgan fingerprint density at radius 1 is 1.27 bits per heavy atom. The molecule has 8 nitrogen and oxygen atoms in total. The summed E-state index contributed by atoms with van der Waals surface area (Å²) in [5.74, 6) is 0.562. The van der Waals surface area contributed by atoms with Gasteiger partial charge in [-0.2, -0.15) is 4.98 Å². The van der Waals surface area contributed by atoms with Crippen molar-refractivity contribution in [2.45, 2.75) is 63.1 Å². The van der Waals surface area contributed by atoms with Crippen LogP contribution in [0.5, 0.6) is 0 Å². The van der Waals surface area contributed by atoms with E-state index in [9.17, 15) is 9.90 Å². The smallest absolute Gasteiger partial charge is 0.254 e. The predicted molar refractivity (Wildman–Crippen MR) is 99.1 cm³/mol. The number of nitrogens with one attached hydrogen (secondary N) is 2. The molecule has 2 aliphatic rings. The van der Waals surface area contributed by atoms with Gasteiger partial charge in [0.1, 0.15) is 5.82 Å². The van der Waals surface area contributed by atoms with Crippen LogP contribution in [0.15, 0.2) is 6.20 Å². The lowest BCUT2D eigenvalue weighted by Gasteiger charge is -2.28. The number of anilines is 2. The lowest BCUT2D eigenvalue weighted by atomic mass is 9.93. The van der Waals surface area contributed by atoms with Crippen molar-refractivity contribution >= 4 is 17.7 Å². The minimum atomic E-state index is -0.557. The van der Waals surface area contributed by atoms with E-state index in [2.05, 4.69) is 20.6 Å². The Bertz CT molecular complexity index is 619. The number of methoxy groups -OCH3 is 1. The molecule has 3 rings (SSSR count). The second-order valence-electron chi connectivity index (χ2n) is 7.30. The van der Waals surface area contributed by atoms with Crippen molar-refractivity contribution < 1.29 is 14.6 Å². The molecule has 144 valence electrons. The minimum Gasteiger partial charge on any atom is -0.396 e. The van der Waals surface area contributed by atoms with Gasteiger partial charge in [-0.25, -0.2) is 4.98 Å². The number of nitrogens with two attached hydrogens (primary N) is 1. The van der Waals surface area contributed by atoms with Crippen LogP contribution in [-0.4, -0.2) is 52.9 Å². The zero-order chi connectivity index (χ0) is 18.5. The highest BCUT2D eigenvalue weighted by Gasteiger charge is 2.28. The maximum Gasteiger partial charge on any atom is 0.254 e. The Morgan fingerprint density at radius 3 is 2.69 bits per heavy atom. The summed E-state index contributed by atoms with van der Waals surface area (Å²) in [5, 5.41) is 16.2. The van der Waals surface area contributed by atoms with Gasteiger partial charge >= 0.3 is 0 Å². The van der Waals surface area contributed by atoms with Gasteiger partial charge in [0.05, 0.1) is 11.7 Å². The number of nitrogens with zero attached hydrogens (tertiary/aromatic N) is 2. The molecule has 1 aromatic heterocycles. The van der Waals surface area contributed by atoms with Gasteiger partial charge in [-0.1, -0.05) is 6.42 Å². The first-order valence-electron chi connectivity index (χ1n) is 9.44. The first-order chi connectivity index (χ1) is 12.6. The molecule has 2 atom stereocenters. The van der Waals surface area contributed by atoms with Crippen molar-refractivity contribution in [3.63, 3.8) is 0 Å². The number of aliphatic hydroxyl groups excluding tert-OH is 1. The number of aliphatic hydroxyl groups is 1. The molecule has 0 bridgehead atoms. The standard InChI is InChI=1S/C18H29N5O3/c1-26-13-7-5-12(6-8-13)21-18-20-9-14(16(19)25)17(23-18)22-15-4-2-3-11(15)10-24/h9,11-13,15,24H,2-8,10H2,1H3,(H2,19,25)(H2,20,21,22,23)/t11-,12?,13?,15-/m1/s1. The van der Waals surface area contributed by atoms with Gasteiger partial charge < -0.3 is 26.2 Å². The average molecular weight is 363 g/mol. The number of rotatable bonds is 7. The molecule has 2 saturated carbocycles. The zero-order valence-electron chi connectivity index (χ0n) is 15.3. The highest BCUT2D eigenvalue weighted by Crippen LogP contribution is 2.29. The van der Waals surface area contributed by atoms with Gasteiger partial charge in [-0.05, 0) is 38.5 Å². The third-order valence-corrected chi connectivity index (χ3v) is 5.61. The second kappa shape index (κ2) is 8.64. The van der Waals surface area contributed by atoms with Crippen LogP contribution >= 0.6 is 0 Å². The van der Waals surface area contributed by atoms with Crippen LogP contribution in [0.4, 0.5) is 11.8 Å². The zero-order valence-corrected chi connectivity index (χ0v) is 15.3. The molecule has 8 heteroatoms. The molecule has 1 heterocycles. The second-order valence-corrected chi connectivity index (χ2v) is 7.30. The Labute approximate surface area is 153 Å². The molecule has 0 aromatic carbocycles. The van der Waals surface area contributed by atoms with E-state index in [0.29, 0.717) is 23.9 Å². The quantitative estimate of drug-likeness (QED) is 0.579. The summed E-state index contributed by atoms with van der Waals surface area (Å²) in [6, 6.07) is 0.392. The number of carbonyl (C=O) groups is 1. The number of amides is 1. The number of aromatic nitrogens is 2. The van der Waals surface area contributed by atoms with Crippen molar-refractivity contribution in [1.82, 2.24) is 9.97 Å². The van der Waals surface area contributed by atoms with E-state index in [1.807, 2.05) is 0 Å². The number of carbonyl (C=O) groups excluding carboxylic acids is 1. The predicted octanol–water partition coefficient (Wildman–Crippen LogP) is 1.52. The third-order valence-electron chi connectivity index (χ3n) is 5.61. The first kappa shape index (κ1) is 18.8. The van der Waals surface area contributed by atoms with E-state index in [-0.39, 0.29) is 24.1 Å². The molecule has 5 N–H and O–H groups in total. The summed E-state index contributed by atoms with van der Waals surface area (Å²) < 4.78 is 5.41. The van der Waals surface area contributed by atoms with Gasteiger partial charge in [-0.3, -0.25) is 4.79 Å². The molecule has 1 aromatic rings. The third kappa shape index (κ3) is 4.42. The van der Waals surface area contributed by atoms with Gasteiger partial charge in [0.25, 0.3) is 5.91 Å². The Kier molecular flexibility index (Phi) is 6.26. The molecule has 26 heavy (non-hydrogen) atoms. The number of hydrogen-bond acceptors (Lipinski definition) is 7.